The van der Waals surface area contributed by atoms with Gasteiger partial charge in [0.15, 0.2) is 0 Å². The lowest BCUT2D eigenvalue weighted by Crippen LogP contribution is -2.32. The summed E-state index contributed by atoms with van der Waals surface area (Å²) in [5.41, 5.74) is 17.1. The van der Waals surface area contributed by atoms with Crippen molar-refractivity contribution in [1.82, 2.24) is 0 Å². The second-order valence-electron chi connectivity index (χ2n) is 15.6. The molecule has 0 aromatic heterocycles. The molecule has 1 spiro atoms. The monoisotopic (exact) mass is 693 g/mol. The van der Waals surface area contributed by atoms with Crippen molar-refractivity contribution in [3.8, 4) is 33.8 Å². The highest BCUT2D eigenvalue weighted by atomic mass is 16.5. The van der Waals surface area contributed by atoms with Gasteiger partial charge in [0.1, 0.15) is 11.5 Å². The molecule has 11 rings (SSSR count). The Hall–Kier alpha value is -6.38. The van der Waals surface area contributed by atoms with Crippen LogP contribution in [0.15, 0.2) is 188 Å². The minimum Gasteiger partial charge on any atom is -0.457 e. The number of hydrogen-bond donors (Lipinski definition) is 0. The molecule has 0 amide bonds. The van der Waals surface area contributed by atoms with E-state index in [2.05, 4.69) is 201 Å². The standard InChI is InChI=1S/C52H39NO/c1-51(2)43-18-8-6-16-39(43)41-30-28-37(32-47(41)51)53(36-26-24-35(25-27-36)34-14-4-3-5-15-34)38-29-31-42-40-17-7-9-19-44(40)52(48(42)33-38)45-20-10-12-22-49(45)54-50-23-13-11-21-46(50)52/h3-24,26-33,35H,25H2,1-2H3. The van der Waals surface area contributed by atoms with Gasteiger partial charge in [0.25, 0.3) is 0 Å². The van der Waals surface area contributed by atoms with Gasteiger partial charge in [-0.25, -0.2) is 0 Å². The van der Waals surface area contributed by atoms with Gasteiger partial charge in [0.2, 0.25) is 0 Å². The van der Waals surface area contributed by atoms with Crippen LogP contribution >= 0.6 is 0 Å². The molecule has 1 aliphatic heterocycles. The van der Waals surface area contributed by atoms with Crippen LogP contribution in [0.2, 0.25) is 0 Å². The number of hydrogen-bond acceptors (Lipinski definition) is 2. The third kappa shape index (κ3) is 4.28. The van der Waals surface area contributed by atoms with Crippen LogP contribution in [0, 0.1) is 0 Å². The molecule has 54 heavy (non-hydrogen) atoms. The Balaban J connectivity index is 1.13. The molecule has 0 radical (unpaired) electrons. The van der Waals surface area contributed by atoms with E-state index in [4.69, 9.17) is 4.74 Å². The Kier molecular flexibility index (Phi) is 6.67. The van der Waals surface area contributed by atoms with Gasteiger partial charge in [-0.3, -0.25) is 0 Å². The lowest BCUT2D eigenvalue weighted by atomic mass is 9.66. The van der Waals surface area contributed by atoms with Crippen LogP contribution in [-0.4, -0.2) is 0 Å². The SMILES string of the molecule is CC1(C)c2ccccc2-c2ccc(N(C3=CCC(c4ccccc4)C=C3)c3ccc4c(c3)C3(c5ccccc5Oc5ccccc53)c3ccccc3-4)cc21. The van der Waals surface area contributed by atoms with Crippen LogP contribution < -0.4 is 9.64 Å². The first-order valence-corrected chi connectivity index (χ1v) is 19.1. The molecule has 0 N–H and O–H groups in total. The largest absolute Gasteiger partial charge is 0.457 e. The predicted octanol–water partition coefficient (Wildman–Crippen LogP) is 13.2. The topological polar surface area (TPSA) is 12.5 Å². The lowest BCUT2D eigenvalue weighted by Gasteiger charge is -2.39. The summed E-state index contributed by atoms with van der Waals surface area (Å²) in [6, 6.07) is 60.3. The first kappa shape index (κ1) is 31.2. The minimum absolute atomic E-state index is 0.109. The van der Waals surface area contributed by atoms with Gasteiger partial charge < -0.3 is 9.64 Å². The highest BCUT2D eigenvalue weighted by Gasteiger charge is 2.51. The number of ether oxygens (including phenoxy) is 1. The van der Waals surface area contributed by atoms with Crippen LogP contribution in [0.1, 0.15) is 65.1 Å². The summed E-state index contributed by atoms with van der Waals surface area (Å²) in [6.45, 7) is 4.73. The fraction of sp³-hybridized carbons (Fsp3) is 0.115. The molecular weight excluding hydrogens is 655 g/mol. The smallest absolute Gasteiger partial charge is 0.132 e. The van der Waals surface area contributed by atoms with Gasteiger partial charge in [-0.2, -0.15) is 0 Å². The minimum atomic E-state index is -0.532. The molecule has 0 fully saturated rings. The fourth-order valence-electron chi connectivity index (χ4n) is 9.98. The Bertz CT molecular complexity index is 2670. The van der Waals surface area contributed by atoms with Crippen molar-refractivity contribution in [1.29, 1.82) is 0 Å². The normalized spacial score (nSPS) is 17.3. The van der Waals surface area contributed by atoms with Crippen molar-refractivity contribution >= 4 is 11.4 Å². The van der Waals surface area contributed by atoms with E-state index in [0.717, 1.165) is 23.6 Å². The van der Waals surface area contributed by atoms with E-state index in [1.165, 1.54) is 72.6 Å². The number of anilines is 2. The number of nitrogens with zero attached hydrogens (tertiary/aromatic N) is 1. The molecular formula is C52H39NO. The van der Waals surface area contributed by atoms with Gasteiger partial charge in [0, 0.05) is 39.5 Å². The molecule has 258 valence electrons. The lowest BCUT2D eigenvalue weighted by molar-refractivity contribution is 0.436. The first-order chi connectivity index (χ1) is 26.5. The third-order valence-corrected chi connectivity index (χ3v) is 12.5. The molecule has 1 atom stereocenters. The van der Waals surface area contributed by atoms with Crippen molar-refractivity contribution in [2.45, 2.75) is 37.0 Å². The molecule has 2 heteroatoms. The average Bonchev–Trinajstić information content (AvgIpc) is 3.64. The first-order valence-electron chi connectivity index (χ1n) is 19.1. The van der Waals surface area contributed by atoms with Crippen molar-refractivity contribution < 1.29 is 4.74 Å². The van der Waals surface area contributed by atoms with Crippen LogP contribution in [0.5, 0.6) is 11.5 Å². The molecule has 1 unspecified atom stereocenters. The summed E-state index contributed by atoms with van der Waals surface area (Å²) < 4.78 is 6.64. The summed E-state index contributed by atoms with van der Waals surface area (Å²) in [5.74, 6) is 2.16. The second-order valence-corrected chi connectivity index (χ2v) is 15.6. The zero-order valence-electron chi connectivity index (χ0n) is 30.5. The number of benzene rings is 7. The molecule has 7 aromatic carbocycles. The Morgan fingerprint density at radius 1 is 0.500 bits per heavy atom. The third-order valence-electron chi connectivity index (χ3n) is 12.5. The fourth-order valence-corrected chi connectivity index (χ4v) is 9.98. The van der Waals surface area contributed by atoms with Gasteiger partial charge in [-0.15, -0.1) is 0 Å². The summed E-state index contributed by atoms with van der Waals surface area (Å²) in [5, 5.41) is 0. The van der Waals surface area contributed by atoms with E-state index < -0.39 is 5.41 Å². The number of para-hydroxylation sites is 2. The Morgan fingerprint density at radius 2 is 1.02 bits per heavy atom. The van der Waals surface area contributed by atoms with E-state index in [1.807, 2.05) is 0 Å². The zero-order chi connectivity index (χ0) is 36.0. The maximum Gasteiger partial charge on any atom is 0.132 e. The Labute approximate surface area is 317 Å². The van der Waals surface area contributed by atoms with E-state index in [9.17, 15) is 0 Å². The number of rotatable bonds is 4. The van der Waals surface area contributed by atoms with Crippen molar-refractivity contribution in [3.63, 3.8) is 0 Å². The number of fused-ring (bicyclic) bond motifs is 12. The van der Waals surface area contributed by atoms with Crippen LogP contribution in [0.25, 0.3) is 22.3 Å². The zero-order valence-corrected chi connectivity index (χ0v) is 30.5. The van der Waals surface area contributed by atoms with E-state index in [1.54, 1.807) is 0 Å². The summed E-state index contributed by atoms with van der Waals surface area (Å²) in [6.07, 6.45) is 8.10. The number of allylic oxidation sites excluding steroid dienone is 3. The molecule has 3 aliphatic carbocycles. The van der Waals surface area contributed by atoms with E-state index in [-0.39, 0.29) is 5.41 Å². The van der Waals surface area contributed by atoms with Crippen molar-refractivity contribution in [2.24, 2.45) is 0 Å². The molecule has 0 bridgehead atoms. The molecule has 1 heterocycles. The van der Waals surface area contributed by atoms with Gasteiger partial charge in [-0.1, -0.05) is 153 Å². The highest BCUT2D eigenvalue weighted by molar-refractivity contribution is 5.91. The summed E-state index contributed by atoms with van der Waals surface area (Å²) in [7, 11) is 0. The quantitative estimate of drug-likeness (QED) is 0.182. The predicted molar refractivity (Wildman–Crippen MR) is 221 cm³/mol. The maximum absolute atomic E-state index is 6.64. The summed E-state index contributed by atoms with van der Waals surface area (Å²) in [4.78, 5) is 2.49. The van der Waals surface area contributed by atoms with Crippen LogP contribution in [0.4, 0.5) is 11.4 Å². The molecule has 2 nitrogen and oxygen atoms in total. The molecule has 0 saturated heterocycles. The maximum atomic E-state index is 6.64. The highest BCUT2D eigenvalue weighted by Crippen LogP contribution is 2.62. The average molecular weight is 694 g/mol. The Morgan fingerprint density at radius 3 is 1.67 bits per heavy atom. The second kappa shape index (κ2) is 11.6. The van der Waals surface area contributed by atoms with Crippen LogP contribution in [-0.2, 0) is 10.8 Å². The molecule has 7 aromatic rings. The van der Waals surface area contributed by atoms with E-state index in [0.29, 0.717) is 5.92 Å². The van der Waals surface area contributed by atoms with Crippen LogP contribution in [0.3, 0.4) is 0 Å². The van der Waals surface area contributed by atoms with E-state index >= 15 is 0 Å². The van der Waals surface area contributed by atoms with Gasteiger partial charge in [-0.05, 0) is 99.0 Å². The molecule has 4 aliphatic rings. The van der Waals surface area contributed by atoms with Gasteiger partial charge >= 0.3 is 0 Å². The molecule has 0 saturated carbocycles. The van der Waals surface area contributed by atoms with Crippen molar-refractivity contribution in [2.75, 3.05) is 4.90 Å². The summed E-state index contributed by atoms with van der Waals surface area (Å²) >= 11 is 0. The van der Waals surface area contributed by atoms with Gasteiger partial charge in [0.05, 0.1) is 5.41 Å². The van der Waals surface area contributed by atoms with Crippen molar-refractivity contribution in [3.05, 3.63) is 227 Å².